The fourth-order valence-electron chi connectivity index (χ4n) is 2.36. The Labute approximate surface area is 108 Å². The normalized spacial score (nSPS) is 22.2. The second-order valence-electron chi connectivity index (χ2n) is 5.40. The van der Waals surface area contributed by atoms with Gasteiger partial charge in [-0.2, -0.15) is 0 Å². The van der Waals surface area contributed by atoms with E-state index in [1.165, 1.54) is 16.7 Å². The number of hydrogen-bond acceptors (Lipinski definition) is 2. The summed E-state index contributed by atoms with van der Waals surface area (Å²) in [6.45, 7) is 5.17. The highest BCUT2D eigenvalue weighted by Crippen LogP contribution is 2.35. The zero-order valence-electron chi connectivity index (χ0n) is 11.3. The van der Waals surface area contributed by atoms with Gasteiger partial charge in [-0.25, -0.2) is 0 Å². The number of benzene rings is 1. The smallest absolute Gasteiger partial charge is 0.308 e. The van der Waals surface area contributed by atoms with Crippen LogP contribution in [0.3, 0.4) is 0 Å². The largest absolute Gasteiger partial charge is 0.481 e. The molecule has 0 radical (unpaired) electrons. The molecule has 0 bridgehead atoms. The van der Waals surface area contributed by atoms with Crippen LogP contribution in [0.1, 0.15) is 23.1 Å². The number of likely N-dealkylation sites (N-methyl/N-ethyl adjacent to an activating group) is 1. The Bertz CT molecular complexity index is 456. The first-order valence-electron chi connectivity index (χ1n) is 6.48. The molecule has 3 heteroatoms. The Morgan fingerprint density at radius 1 is 1.39 bits per heavy atom. The van der Waals surface area contributed by atoms with Gasteiger partial charge in [0.25, 0.3) is 0 Å². The summed E-state index contributed by atoms with van der Waals surface area (Å²) in [5, 5.41) is 8.90. The van der Waals surface area contributed by atoms with Gasteiger partial charge in [-0.15, -0.1) is 0 Å². The van der Waals surface area contributed by atoms with Gasteiger partial charge in [0, 0.05) is 12.6 Å². The molecule has 1 saturated carbocycles. The number of carboxylic acids is 1. The van der Waals surface area contributed by atoms with E-state index in [-0.39, 0.29) is 12.0 Å². The first-order valence-corrected chi connectivity index (χ1v) is 6.48. The van der Waals surface area contributed by atoms with Crippen LogP contribution in [0.25, 0.3) is 0 Å². The zero-order chi connectivity index (χ0) is 13.3. The van der Waals surface area contributed by atoms with Crippen LogP contribution in [0.5, 0.6) is 0 Å². The molecule has 2 unspecified atom stereocenters. The number of aliphatic carboxylic acids is 1. The molecule has 2 atom stereocenters. The van der Waals surface area contributed by atoms with Gasteiger partial charge in [0.2, 0.25) is 0 Å². The summed E-state index contributed by atoms with van der Waals surface area (Å²) >= 11 is 0. The average molecular weight is 247 g/mol. The molecule has 1 aliphatic carbocycles. The number of hydrogen-bond donors (Lipinski definition) is 1. The van der Waals surface area contributed by atoms with Crippen LogP contribution >= 0.6 is 0 Å². The molecule has 0 saturated heterocycles. The van der Waals surface area contributed by atoms with E-state index in [4.69, 9.17) is 5.11 Å². The topological polar surface area (TPSA) is 40.5 Å². The van der Waals surface area contributed by atoms with Crippen molar-refractivity contribution in [3.8, 4) is 0 Å². The van der Waals surface area contributed by atoms with Crippen molar-refractivity contribution in [3.63, 3.8) is 0 Å². The quantitative estimate of drug-likeness (QED) is 0.867. The summed E-state index contributed by atoms with van der Waals surface area (Å²) in [5.41, 5.74) is 3.97. The lowest BCUT2D eigenvalue weighted by molar-refractivity contribution is -0.138. The number of aryl methyl sites for hydroxylation is 2. The molecule has 0 aromatic heterocycles. The molecule has 2 rings (SSSR count). The summed E-state index contributed by atoms with van der Waals surface area (Å²) < 4.78 is 0. The van der Waals surface area contributed by atoms with Crippen molar-refractivity contribution < 1.29 is 9.90 Å². The molecule has 18 heavy (non-hydrogen) atoms. The van der Waals surface area contributed by atoms with Crippen LogP contribution in [0.4, 0.5) is 0 Å². The maximum absolute atomic E-state index is 10.8. The van der Waals surface area contributed by atoms with Crippen molar-refractivity contribution in [1.82, 2.24) is 4.90 Å². The molecule has 0 aliphatic heterocycles. The van der Waals surface area contributed by atoms with E-state index in [0.29, 0.717) is 0 Å². The van der Waals surface area contributed by atoms with Gasteiger partial charge >= 0.3 is 5.97 Å². The van der Waals surface area contributed by atoms with Gasteiger partial charge in [0.1, 0.15) is 0 Å². The highest BCUT2D eigenvalue weighted by Gasteiger charge is 2.45. The third kappa shape index (κ3) is 2.91. The van der Waals surface area contributed by atoms with Crippen molar-refractivity contribution in [2.75, 3.05) is 13.6 Å². The molecule has 0 spiro atoms. The summed E-state index contributed by atoms with van der Waals surface area (Å²) in [4.78, 5) is 13.0. The Kier molecular flexibility index (Phi) is 3.71. The molecular formula is C15H21NO2. The number of carboxylic acid groups (broad SMARTS) is 1. The Hall–Kier alpha value is -1.35. The van der Waals surface area contributed by atoms with Gasteiger partial charge in [0.15, 0.2) is 0 Å². The lowest BCUT2D eigenvalue weighted by atomic mass is 10.0. The monoisotopic (exact) mass is 247 g/mol. The molecular weight excluding hydrogens is 226 g/mol. The molecule has 98 valence electrons. The van der Waals surface area contributed by atoms with Gasteiger partial charge in [0.05, 0.1) is 5.92 Å². The fourth-order valence-corrected chi connectivity index (χ4v) is 2.36. The van der Waals surface area contributed by atoms with Gasteiger partial charge in [-0.3, -0.25) is 4.79 Å². The minimum Gasteiger partial charge on any atom is -0.481 e. The van der Waals surface area contributed by atoms with Crippen LogP contribution < -0.4 is 0 Å². The average Bonchev–Trinajstić information content (AvgIpc) is 3.10. The Morgan fingerprint density at radius 2 is 2.11 bits per heavy atom. The molecule has 0 amide bonds. The standard InChI is InChI=1S/C15H21NO2/c1-10-4-5-12(8-11(10)2)6-7-16(3)14-9-13(14)15(17)18/h4-5,8,13-14H,6-7,9H2,1-3H3,(H,17,18). The van der Waals surface area contributed by atoms with E-state index in [0.717, 1.165) is 19.4 Å². The van der Waals surface area contributed by atoms with Gasteiger partial charge in [-0.1, -0.05) is 18.2 Å². The van der Waals surface area contributed by atoms with Crippen LogP contribution in [0, 0.1) is 19.8 Å². The van der Waals surface area contributed by atoms with Crippen LogP contribution in [-0.4, -0.2) is 35.6 Å². The lowest BCUT2D eigenvalue weighted by Crippen LogP contribution is -2.26. The van der Waals surface area contributed by atoms with Crippen LogP contribution in [0.2, 0.25) is 0 Å². The predicted molar refractivity (Wildman–Crippen MR) is 71.8 cm³/mol. The molecule has 1 aromatic carbocycles. The summed E-state index contributed by atoms with van der Waals surface area (Å²) in [5.74, 6) is -0.798. The minimum absolute atomic E-state index is 0.144. The van der Waals surface area contributed by atoms with Crippen molar-refractivity contribution in [3.05, 3.63) is 34.9 Å². The Morgan fingerprint density at radius 3 is 2.67 bits per heavy atom. The molecule has 1 aliphatic rings. The first-order chi connectivity index (χ1) is 8.49. The third-order valence-corrected chi connectivity index (χ3v) is 3.96. The van der Waals surface area contributed by atoms with E-state index >= 15 is 0 Å². The van der Waals surface area contributed by atoms with Crippen molar-refractivity contribution in [1.29, 1.82) is 0 Å². The highest BCUT2D eigenvalue weighted by atomic mass is 16.4. The number of carbonyl (C=O) groups is 1. The Balaban J connectivity index is 1.84. The highest BCUT2D eigenvalue weighted by molar-refractivity contribution is 5.74. The number of rotatable bonds is 5. The van der Waals surface area contributed by atoms with Crippen LogP contribution in [-0.2, 0) is 11.2 Å². The SMILES string of the molecule is Cc1ccc(CCN(C)C2CC2C(=O)O)cc1C. The van der Waals surface area contributed by atoms with Crippen LogP contribution in [0.15, 0.2) is 18.2 Å². The summed E-state index contributed by atoms with van der Waals surface area (Å²) in [7, 11) is 2.02. The third-order valence-electron chi connectivity index (χ3n) is 3.96. The second kappa shape index (κ2) is 5.11. The van der Waals surface area contributed by atoms with Crippen molar-refractivity contribution >= 4 is 5.97 Å². The maximum Gasteiger partial charge on any atom is 0.308 e. The van der Waals surface area contributed by atoms with E-state index in [1.807, 2.05) is 7.05 Å². The van der Waals surface area contributed by atoms with Gasteiger partial charge < -0.3 is 10.0 Å². The fraction of sp³-hybridized carbons (Fsp3) is 0.533. The lowest BCUT2D eigenvalue weighted by Gasteiger charge is -2.16. The second-order valence-corrected chi connectivity index (χ2v) is 5.40. The van der Waals surface area contributed by atoms with E-state index in [2.05, 4.69) is 36.9 Å². The van der Waals surface area contributed by atoms with E-state index < -0.39 is 5.97 Å². The molecule has 0 heterocycles. The van der Waals surface area contributed by atoms with E-state index in [1.54, 1.807) is 0 Å². The van der Waals surface area contributed by atoms with Gasteiger partial charge in [-0.05, 0) is 50.4 Å². The maximum atomic E-state index is 10.8. The molecule has 1 fully saturated rings. The zero-order valence-corrected chi connectivity index (χ0v) is 11.3. The van der Waals surface area contributed by atoms with Crippen molar-refractivity contribution in [2.24, 2.45) is 5.92 Å². The molecule has 1 aromatic rings. The first kappa shape index (κ1) is 13.1. The molecule has 1 N–H and O–H groups in total. The summed E-state index contributed by atoms with van der Waals surface area (Å²) in [6.07, 6.45) is 1.79. The van der Waals surface area contributed by atoms with Crippen molar-refractivity contribution in [2.45, 2.75) is 32.7 Å². The summed E-state index contributed by atoms with van der Waals surface area (Å²) in [6, 6.07) is 6.79. The number of nitrogens with zero attached hydrogens (tertiary/aromatic N) is 1. The predicted octanol–water partition coefficient (Wildman–Crippen LogP) is 2.25. The van der Waals surface area contributed by atoms with E-state index in [9.17, 15) is 4.79 Å². The molecule has 3 nitrogen and oxygen atoms in total. The minimum atomic E-state index is -0.655.